The van der Waals surface area contributed by atoms with Crippen molar-refractivity contribution in [3.05, 3.63) is 72.0 Å². The molecular weight excluding hydrogens is 370 g/mol. The lowest BCUT2D eigenvalue weighted by Gasteiger charge is -2.38. The van der Waals surface area contributed by atoms with Gasteiger partial charge in [0.2, 0.25) is 11.7 Å². The number of benzene rings is 2. The van der Waals surface area contributed by atoms with Crippen molar-refractivity contribution in [1.82, 2.24) is 20.6 Å². The fraction of sp³-hybridized carbons (Fsp3) is 0.100. The van der Waals surface area contributed by atoms with E-state index in [0.717, 1.165) is 22.6 Å². The van der Waals surface area contributed by atoms with Gasteiger partial charge in [0.15, 0.2) is 0 Å². The number of nitrogens with zero attached hydrogens (tertiary/aromatic N) is 4. The highest BCUT2D eigenvalue weighted by atomic mass is 16.5. The first-order chi connectivity index (χ1) is 14.2. The number of furan rings is 1. The molecule has 2 aromatic carbocycles. The molecule has 9 nitrogen and oxygen atoms in total. The zero-order valence-corrected chi connectivity index (χ0v) is 15.5. The Hall–Kier alpha value is -4.14. The molecule has 0 spiro atoms. The van der Waals surface area contributed by atoms with Crippen LogP contribution in [0.3, 0.4) is 0 Å². The van der Waals surface area contributed by atoms with E-state index in [1.54, 1.807) is 19.4 Å². The lowest BCUT2D eigenvalue weighted by atomic mass is 10.0. The summed E-state index contributed by atoms with van der Waals surface area (Å²) in [6, 6.07) is 17.2. The Kier molecular flexibility index (Phi) is 3.98. The van der Waals surface area contributed by atoms with Gasteiger partial charge in [-0.2, -0.15) is 5.21 Å². The molecule has 2 aromatic heterocycles. The maximum atomic E-state index is 8.78. The summed E-state index contributed by atoms with van der Waals surface area (Å²) < 4.78 is 10.8. The van der Waals surface area contributed by atoms with Crippen LogP contribution in [-0.4, -0.2) is 33.6 Å². The zero-order valence-electron chi connectivity index (χ0n) is 15.5. The van der Waals surface area contributed by atoms with Crippen molar-refractivity contribution in [3.63, 3.8) is 0 Å². The molecule has 1 aliphatic heterocycles. The summed E-state index contributed by atoms with van der Waals surface area (Å²) in [5.74, 6) is 2.22. The summed E-state index contributed by atoms with van der Waals surface area (Å²) in [7, 11) is 1.63. The van der Waals surface area contributed by atoms with E-state index in [4.69, 9.17) is 14.6 Å². The third-order valence-corrected chi connectivity index (χ3v) is 4.87. The van der Waals surface area contributed by atoms with Crippen molar-refractivity contribution in [2.75, 3.05) is 17.3 Å². The lowest BCUT2D eigenvalue weighted by Crippen LogP contribution is -2.42. The Morgan fingerprint density at radius 1 is 1.07 bits per heavy atom. The molecule has 144 valence electrons. The quantitative estimate of drug-likeness (QED) is 0.491. The third kappa shape index (κ3) is 2.89. The first-order valence-corrected chi connectivity index (χ1v) is 8.94. The van der Waals surface area contributed by atoms with Gasteiger partial charge in [-0.15, -0.1) is 10.2 Å². The van der Waals surface area contributed by atoms with E-state index in [9.17, 15) is 0 Å². The third-order valence-electron chi connectivity index (χ3n) is 4.87. The fourth-order valence-electron chi connectivity index (χ4n) is 3.41. The molecule has 0 saturated heterocycles. The Morgan fingerprint density at radius 3 is 2.55 bits per heavy atom. The first-order valence-electron chi connectivity index (χ1n) is 8.94. The molecule has 1 unspecified atom stereocenters. The van der Waals surface area contributed by atoms with Gasteiger partial charge in [0.05, 0.1) is 18.9 Å². The zero-order chi connectivity index (χ0) is 19.8. The van der Waals surface area contributed by atoms with Crippen LogP contribution in [0.1, 0.15) is 17.3 Å². The number of amidine groups is 1. The molecule has 4 aromatic rings. The van der Waals surface area contributed by atoms with Crippen LogP contribution in [0.15, 0.2) is 65.3 Å². The van der Waals surface area contributed by atoms with Gasteiger partial charge in [-0.05, 0) is 41.1 Å². The van der Waals surface area contributed by atoms with Crippen LogP contribution >= 0.6 is 0 Å². The van der Waals surface area contributed by atoms with Gasteiger partial charge in [0.1, 0.15) is 17.8 Å². The topological polar surface area (TPSA) is 116 Å². The van der Waals surface area contributed by atoms with Crippen LogP contribution in [-0.2, 0) is 0 Å². The van der Waals surface area contributed by atoms with Crippen molar-refractivity contribution >= 4 is 17.4 Å². The number of fused-ring (bicyclic) bond motifs is 1. The second-order valence-corrected chi connectivity index (χ2v) is 6.48. The molecule has 3 N–H and O–H groups in total. The SMILES string of the molecule is COc1ccc(N2C(=N)c3ccoc3NC2c2ccc(-c3nn[nH]n3)cc2)cc1. The number of hydrogen-bond donors (Lipinski definition) is 3. The highest BCUT2D eigenvalue weighted by Crippen LogP contribution is 2.37. The smallest absolute Gasteiger partial charge is 0.205 e. The molecular formula is C20H17N7O2. The van der Waals surface area contributed by atoms with Crippen LogP contribution < -0.4 is 15.0 Å². The van der Waals surface area contributed by atoms with Gasteiger partial charge >= 0.3 is 0 Å². The van der Waals surface area contributed by atoms with Crippen molar-refractivity contribution in [1.29, 1.82) is 5.41 Å². The summed E-state index contributed by atoms with van der Waals surface area (Å²) in [6.45, 7) is 0. The standard InChI is InChI=1S/C20H17N7O2/c1-28-15-8-6-14(7-9-15)27-17(21)16-10-11-29-20(16)22-19(27)13-4-2-12(3-5-13)18-23-25-26-24-18/h2-11,19,21-22H,1H3,(H,23,24,25,26). The molecule has 1 aliphatic rings. The summed E-state index contributed by atoms with van der Waals surface area (Å²) in [5, 5.41) is 26.2. The van der Waals surface area contributed by atoms with Gasteiger partial charge in [-0.1, -0.05) is 24.3 Å². The maximum Gasteiger partial charge on any atom is 0.205 e. The summed E-state index contributed by atoms with van der Waals surface area (Å²) in [5.41, 5.74) is 3.38. The molecule has 5 rings (SSSR count). The summed E-state index contributed by atoms with van der Waals surface area (Å²) in [6.07, 6.45) is 1.26. The van der Waals surface area contributed by atoms with Crippen molar-refractivity contribution < 1.29 is 9.15 Å². The average Bonchev–Trinajstić information content (AvgIpc) is 3.46. The summed E-state index contributed by atoms with van der Waals surface area (Å²) >= 11 is 0. The van der Waals surface area contributed by atoms with Crippen LogP contribution in [0.25, 0.3) is 11.4 Å². The maximum absolute atomic E-state index is 8.78. The van der Waals surface area contributed by atoms with E-state index < -0.39 is 0 Å². The number of anilines is 2. The largest absolute Gasteiger partial charge is 0.497 e. The highest BCUT2D eigenvalue weighted by molar-refractivity contribution is 6.13. The van der Waals surface area contributed by atoms with Gasteiger partial charge in [-0.25, -0.2) is 0 Å². The van der Waals surface area contributed by atoms with Crippen molar-refractivity contribution in [2.24, 2.45) is 0 Å². The van der Waals surface area contributed by atoms with Crippen LogP contribution in [0.2, 0.25) is 0 Å². The van der Waals surface area contributed by atoms with Crippen LogP contribution in [0.5, 0.6) is 5.75 Å². The minimum absolute atomic E-state index is 0.325. The van der Waals surface area contributed by atoms with Crippen molar-refractivity contribution in [2.45, 2.75) is 6.17 Å². The number of aromatic amines is 1. The molecule has 1 atom stereocenters. The number of H-pyrrole nitrogens is 1. The number of rotatable bonds is 4. The highest BCUT2D eigenvalue weighted by Gasteiger charge is 2.33. The molecule has 0 bridgehead atoms. The summed E-state index contributed by atoms with van der Waals surface area (Å²) in [4.78, 5) is 1.92. The number of aromatic nitrogens is 4. The van der Waals surface area contributed by atoms with E-state index in [-0.39, 0.29) is 6.17 Å². The minimum atomic E-state index is -0.325. The van der Waals surface area contributed by atoms with Gasteiger partial charge in [0.25, 0.3) is 0 Å². The van der Waals surface area contributed by atoms with Crippen LogP contribution in [0.4, 0.5) is 11.6 Å². The Balaban J connectivity index is 1.55. The van der Waals surface area contributed by atoms with Gasteiger partial charge in [0, 0.05) is 11.3 Å². The Bertz CT molecular complexity index is 1130. The average molecular weight is 387 g/mol. The number of tetrazole rings is 1. The molecule has 0 fully saturated rings. The second kappa shape index (κ2) is 6.79. The lowest BCUT2D eigenvalue weighted by molar-refractivity contribution is 0.415. The van der Waals surface area contributed by atoms with Gasteiger partial charge in [-0.3, -0.25) is 5.41 Å². The molecule has 0 saturated carbocycles. The van der Waals surface area contributed by atoms with E-state index in [1.165, 1.54) is 0 Å². The monoisotopic (exact) mass is 387 g/mol. The van der Waals surface area contributed by atoms with E-state index >= 15 is 0 Å². The minimum Gasteiger partial charge on any atom is -0.497 e. The molecule has 0 aliphatic carbocycles. The Labute approximate surface area is 165 Å². The predicted molar refractivity (Wildman–Crippen MR) is 107 cm³/mol. The van der Waals surface area contributed by atoms with E-state index in [2.05, 4.69) is 25.9 Å². The predicted octanol–water partition coefficient (Wildman–Crippen LogP) is 3.42. The van der Waals surface area contributed by atoms with Crippen LogP contribution in [0, 0.1) is 5.41 Å². The Morgan fingerprint density at radius 2 is 1.86 bits per heavy atom. The fourth-order valence-corrected chi connectivity index (χ4v) is 3.41. The molecule has 0 amide bonds. The number of ether oxygens (including phenoxy) is 1. The molecule has 3 heterocycles. The molecule has 9 heteroatoms. The molecule has 29 heavy (non-hydrogen) atoms. The second-order valence-electron chi connectivity index (χ2n) is 6.48. The van der Waals surface area contributed by atoms with E-state index in [0.29, 0.717) is 23.1 Å². The van der Waals surface area contributed by atoms with Crippen molar-refractivity contribution in [3.8, 4) is 17.1 Å². The normalized spacial score (nSPS) is 15.7. The van der Waals surface area contributed by atoms with Gasteiger partial charge < -0.3 is 19.4 Å². The number of methoxy groups -OCH3 is 1. The molecule has 0 radical (unpaired) electrons. The van der Waals surface area contributed by atoms with E-state index in [1.807, 2.05) is 53.4 Å². The first kappa shape index (κ1) is 17.0. The number of hydrogen-bond acceptors (Lipinski definition) is 7. The number of nitrogens with one attached hydrogen (secondary N) is 3.